The SMILES string of the molecule is NC(=O)c1ccc(Nc2ccc(C3CCN(C[SH](=O)=O)CC3)cc2)nc1. The molecule has 2 heterocycles. The number of nitrogens with one attached hydrogen (secondary N) is 1. The van der Waals surface area contributed by atoms with E-state index in [1.807, 2.05) is 17.0 Å². The van der Waals surface area contributed by atoms with Crippen LogP contribution in [-0.2, 0) is 10.7 Å². The first-order valence-electron chi connectivity index (χ1n) is 8.48. The summed E-state index contributed by atoms with van der Waals surface area (Å²) in [5.74, 6) is 0.758. The number of thiol groups is 1. The predicted octanol–water partition coefficient (Wildman–Crippen LogP) is 1.67. The lowest BCUT2D eigenvalue weighted by Gasteiger charge is -2.30. The number of pyridine rings is 1. The Bertz CT molecular complexity index is 819. The largest absolute Gasteiger partial charge is 0.366 e. The van der Waals surface area contributed by atoms with Gasteiger partial charge in [-0.2, -0.15) is 0 Å². The van der Waals surface area contributed by atoms with E-state index in [0.29, 0.717) is 17.3 Å². The third-order valence-corrected chi connectivity index (χ3v) is 5.24. The zero-order valence-corrected chi connectivity index (χ0v) is 15.2. The maximum atomic E-state index is 11.1. The monoisotopic (exact) mass is 374 g/mol. The molecule has 26 heavy (non-hydrogen) atoms. The van der Waals surface area contributed by atoms with E-state index in [0.717, 1.165) is 31.6 Å². The lowest BCUT2D eigenvalue weighted by atomic mass is 9.89. The van der Waals surface area contributed by atoms with E-state index in [-0.39, 0.29) is 5.88 Å². The molecule has 2 aromatic rings. The van der Waals surface area contributed by atoms with Crippen LogP contribution in [0.25, 0.3) is 0 Å². The molecule has 8 heteroatoms. The number of hydrogen-bond donors (Lipinski definition) is 3. The molecule has 3 N–H and O–H groups in total. The van der Waals surface area contributed by atoms with Crippen LogP contribution in [0.15, 0.2) is 42.6 Å². The predicted molar refractivity (Wildman–Crippen MR) is 101 cm³/mol. The van der Waals surface area contributed by atoms with Crippen LogP contribution in [0.5, 0.6) is 0 Å². The van der Waals surface area contributed by atoms with Gasteiger partial charge in [0.2, 0.25) is 5.91 Å². The van der Waals surface area contributed by atoms with Crippen molar-refractivity contribution in [3.8, 4) is 0 Å². The van der Waals surface area contributed by atoms with Gasteiger partial charge in [0.05, 0.1) is 11.4 Å². The van der Waals surface area contributed by atoms with E-state index in [2.05, 4.69) is 22.4 Å². The Morgan fingerprint density at radius 1 is 1.15 bits per heavy atom. The van der Waals surface area contributed by atoms with Crippen LogP contribution in [0.1, 0.15) is 34.7 Å². The number of amides is 1. The van der Waals surface area contributed by atoms with Gasteiger partial charge in [-0.25, -0.2) is 13.4 Å². The molecule has 1 saturated heterocycles. The Hall–Kier alpha value is -2.45. The van der Waals surface area contributed by atoms with Crippen molar-refractivity contribution < 1.29 is 13.2 Å². The number of benzene rings is 1. The number of hydrogen-bond acceptors (Lipinski definition) is 6. The third-order valence-electron chi connectivity index (χ3n) is 4.61. The molecule has 0 unspecified atom stereocenters. The Kier molecular flexibility index (Phi) is 5.85. The summed E-state index contributed by atoms with van der Waals surface area (Å²) in [6, 6.07) is 11.5. The lowest BCUT2D eigenvalue weighted by molar-refractivity contribution is 0.1000. The highest BCUT2D eigenvalue weighted by Crippen LogP contribution is 2.29. The van der Waals surface area contributed by atoms with Crippen molar-refractivity contribution in [1.29, 1.82) is 0 Å². The summed E-state index contributed by atoms with van der Waals surface area (Å²) in [5, 5.41) is 3.19. The zero-order valence-electron chi connectivity index (χ0n) is 14.3. The van der Waals surface area contributed by atoms with Crippen LogP contribution < -0.4 is 11.1 Å². The number of carbonyl (C=O) groups excluding carboxylic acids is 1. The number of likely N-dealkylation sites (tertiary alicyclic amines) is 1. The minimum absolute atomic E-state index is 0.159. The second-order valence-electron chi connectivity index (χ2n) is 6.41. The fraction of sp³-hybridized carbons (Fsp3) is 0.333. The number of nitrogens with two attached hydrogens (primary N) is 1. The van der Waals surface area contributed by atoms with Gasteiger partial charge in [0.1, 0.15) is 5.82 Å². The first kappa shape index (κ1) is 18.3. The standard InChI is InChI=1S/C18H22N4O3S/c19-18(23)15-3-6-17(20-11-15)21-16-4-1-13(2-5-16)14-7-9-22(10-8-14)12-26(24)25/h1-6,11,14,26H,7-10,12H2,(H2,19,23)(H,20,21). The summed E-state index contributed by atoms with van der Waals surface area (Å²) in [6.45, 7) is 1.62. The number of primary amides is 1. The topological polar surface area (TPSA) is 105 Å². The molecule has 1 fully saturated rings. The Morgan fingerprint density at radius 2 is 1.85 bits per heavy atom. The van der Waals surface area contributed by atoms with Gasteiger partial charge >= 0.3 is 0 Å². The molecule has 3 rings (SSSR count). The molecule has 1 amide bonds. The molecular weight excluding hydrogens is 352 g/mol. The normalized spacial score (nSPS) is 15.9. The van der Waals surface area contributed by atoms with E-state index in [9.17, 15) is 13.2 Å². The Balaban J connectivity index is 1.58. The van der Waals surface area contributed by atoms with Crippen LogP contribution in [0.2, 0.25) is 0 Å². The Labute approximate surface area is 154 Å². The van der Waals surface area contributed by atoms with Gasteiger partial charge in [0.25, 0.3) is 0 Å². The highest BCUT2D eigenvalue weighted by molar-refractivity contribution is 7.72. The van der Waals surface area contributed by atoms with Gasteiger partial charge in [-0.05, 0) is 61.7 Å². The molecule has 7 nitrogen and oxygen atoms in total. The highest BCUT2D eigenvalue weighted by Gasteiger charge is 2.20. The van der Waals surface area contributed by atoms with E-state index in [1.54, 1.807) is 12.1 Å². The first-order chi connectivity index (χ1) is 12.5. The van der Waals surface area contributed by atoms with Crippen molar-refractivity contribution >= 4 is 28.1 Å². The molecule has 0 aliphatic carbocycles. The summed E-state index contributed by atoms with van der Waals surface area (Å²) in [7, 11) is -2.34. The van der Waals surface area contributed by atoms with Gasteiger partial charge in [0, 0.05) is 11.9 Å². The zero-order chi connectivity index (χ0) is 18.5. The lowest BCUT2D eigenvalue weighted by Crippen LogP contribution is -2.34. The molecule has 0 spiro atoms. The summed E-state index contributed by atoms with van der Waals surface area (Å²) in [6.07, 6.45) is 3.38. The molecule has 0 bridgehead atoms. The van der Waals surface area contributed by atoms with E-state index in [4.69, 9.17) is 5.73 Å². The van der Waals surface area contributed by atoms with Crippen molar-refractivity contribution in [1.82, 2.24) is 9.88 Å². The summed E-state index contributed by atoms with van der Waals surface area (Å²) in [4.78, 5) is 17.2. The van der Waals surface area contributed by atoms with Crippen LogP contribution in [0, 0.1) is 0 Å². The average molecular weight is 374 g/mol. The molecule has 0 radical (unpaired) electrons. The van der Waals surface area contributed by atoms with Crippen molar-refractivity contribution in [2.45, 2.75) is 18.8 Å². The molecule has 0 saturated carbocycles. The quantitative estimate of drug-likeness (QED) is 0.664. The minimum atomic E-state index is -2.34. The van der Waals surface area contributed by atoms with Crippen LogP contribution in [-0.4, -0.2) is 43.2 Å². The van der Waals surface area contributed by atoms with Gasteiger partial charge in [-0.15, -0.1) is 0 Å². The van der Waals surface area contributed by atoms with Crippen molar-refractivity contribution in [2.75, 3.05) is 24.3 Å². The van der Waals surface area contributed by atoms with E-state index < -0.39 is 16.6 Å². The highest BCUT2D eigenvalue weighted by atomic mass is 32.2. The number of nitrogens with zero attached hydrogens (tertiary/aromatic N) is 2. The fourth-order valence-corrected chi connectivity index (χ4v) is 3.78. The Morgan fingerprint density at radius 3 is 2.38 bits per heavy atom. The van der Waals surface area contributed by atoms with Crippen LogP contribution in [0.4, 0.5) is 11.5 Å². The maximum absolute atomic E-state index is 11.1. The summed E-state index contributed by atoms with van der Waals surface area (Å²) >= 11 is 0. The van der Waals surface area contributed by atoms with Crippen molar-refractivity contribution in [3.05, 3.63) is 53.7 Å². The molecule has 1 aromatic carbocycles. The van der Waals surface area contributed by atoms with Gasteiger partial charge in [-0.3, -0.25) is 9.69 Å². The maximum Gasteiger partial charge on any atom is 0.250 e. The molecule has 1 aromatic heterocycles. The molecule has 1 aliphatic heterocycles. The molecule has 138 valence electrons. The van der Waals surface area contributed by atoms with Crippen molar-refractivity contribution in [3.63, 3.8) is 0 Å². The molecule has 0 atom stereocenters. The minimum Gasteiger partial charge on any atom is -0.366 e. The summed E-state index contributed by atoms with van der Waals surface area (Å²) < 4.78 is 21.6. The first-order valence-corrected chi connectivity index (χ1v) is 9.84. The van der Waals surface area contributed by atoms with Crippen LogP contribution in [0.3, 0.4) is 0 Å². The van der Waals surface area contributed by atoms with Gasteiger partial charge in [0.15, 0.2) is 10.7 Å². The smallest absolute Gasteiger partial charge is 0.250 e. The van der Waals surface area contributed by atoms with E-state index in [1.165, 1.54) is 11.8 Å². The van der Waals surface area contributed by atoms with Gasteiger partial charge in [-0.1, -0.05) is 12.1 Å². The summed E-state index contributed by atoms with van der Waals surface area (Å²) in [5.41, 5.74) is 7.75. The third kappa shape index (κ3) is 4.80. The van der Waals surface area contributed by atoms with Crippen molar-refractivity contribution in [2.24, 2.45) is 5.73 Å². The number of carbonyl (C=O) groups is 1. The van der Waals surface area contributed by atoms with Crippen LogP contribution >= 0.6 is 0 Å². The van der Waals surface area contributed by atoms with Gasteiger partial charge < -0.3 is 11.1 Å². The second-order valence-corrected chi connectivity index (χ2v) is 7.36. The fourth-order valence-electron chi connectivity index (χ4n) is 3.17. The van der Waals surface area contributed by atoms with E-state index >= 15 is 0 Å². The number of piperidine rings is 1. The molecule has 1 aliphatic rings. The molecular formula is C18H22N4O3S. The number of rotatable bonds is 6. The number of anilines is 2. The second kappa shape index (κ2) is 8.29. The average Bonchev–Trinajstić information content (AvgIpc) is 2.63. The number of aromatic nitrogens is 1.